The van der Waals surface area contributed by atoms with Crippen molar-refractivity contribution >= 4 is 22.0 Å². The Bertz CT molecular complexity index is 1220. The van der Waals surface area contributed by atoms with Gasteiger partial charge in [-0.3, -0.25) is 4.90 Å². The predicted octanol–water partition coefficient (Wildman–Crippen LogP) is 4.27. The Morgan fingerprint density at radius 1 is 1.28 bits per heavy atom. The molecule has 0 aliphatic carbocycles. The van der Waals surface area contributed by atoms with Crippen LogP contribution in [0.5, 0.6) is 5.75 Å². The Morgan fingerprint density at radius 2 is 2.14 bits per heavy atom. The van der Waals surface area contributed by atoms with Crippen molar-refractivity contribution in [2.45, 2.75) is 26.3 Å². The molecule has 0 radical (unpaired) electrons. The largest absolute Gasteiger partial charge is 0.507 e. The summed E-state index contributed by atoms with van der Waals surface area (Å²) in [7, 11) is 0. The van der Waals surface area contributed by atoms with Crippen LogP contribution in [0.4, 0.5) is 0 Å². The number of likely N-dealkylation sites (tertiary alicyclic amines) is 1. The fraction of sp³-hybridized carbons (Fsp3) is 0.304. The van der Waals surface area contributed by atoms with Crippen LogP contribution in [0.2, 0.25) is 0 Å². The monoisotopic (exact) mass is 389 g/mol. The van der Waals surface area contributed by atoms with Crippen molar-refractivity contribution in [2.24, 2.45) is 5.92 Å². The van der Waals surface area contributed by atoms with Crippen LogP contribution in [0.3, 0.4) is 0 Å². The maximum Gasteiger partial charge on any atom is 0.347 e. The Hall–Kier alpha value is -3.12. The second-order valence-electron chi connectivity index (χ2n) is 8.01. The zero-order valence-electron chi connectivity index (χ0n) is 16.3. The molecule has 0 spiro atoms. The van der Waals surface area contributed by atoms with E-state index in [4.69, 9.17) is 4.42 Å². The fourth-order valence-electron chi connectivity index (χ4n) is 4.28. The first kappa shape index (κ1) is 17.9. The third-order valence-corrected chi connectivity index (χ3v) is 5.75. The number of hydrogen-bond acceptors (Lipinski definition) is 5. The summed E-state index contributed by atoms with van der Waals surface area (Å²) in [6.45, 7) is 4.79. The van der Waals surface area contributed by atoms with E-state index in [0.29, 0.717) is 35.0 Å². The van der Waals surface area contributed by atoms with E-state index in [2.05, 4.69) is 21.8 Å². The van der Waals surface area contributed by atoms with Gasteiger partial charge in [0.05, 0.1) is 16.6 Å². The Balaban J connectivity index is 1.59. The lowest BCUT2D eigenvalue weighted by molar-refractivity contribution is 0.175. The summed E-state index contributed by atoms with van der Waals surface area (Å²) in [5.41, 5.74) is 2.71. The standard InChI is InChI=1S/C23H23N3O3/c1-14-5-4-10-26(12-14)13-17-20(27)9-8-15-11-16(23(28)29-21(15)17)22-24-18-6-2-3-7-19(18)25-22/h2-3,6-9,11,14,27H,4-5,10,12-13H2,1H3,(H,24,25)/t14-/m1/s1. The quantitative estimate of drug-likeness (QED) is 0.511. The van der Waals surface area contributed by atoms with E-state index >= 15 is 0 Å². The van der Waals surface area contributed by atoms with Crippen molar-refractivity contribution in [1.29, 1.82) is 0 Å². The van der Waals surface area contributed by atoms with Crippen LogP contribution in [0.25, 0.3) is 33.4 Å². The molecule has 2 aromatic heterocycles. The molecule has 3 heterocycles. The highest BCUT2D eigenvalue weighted by molar-refractivity contribution is 5.86. The zero-order valence-corrected chi connectivity index (χ0v) is 16.3. The number of aromatic hydroxyl groups is 1. The van der Waals surface area contributed by atoms with Crippen molar-refractivity contribution in [3.63, 3.8) is 0 Å². The van der Waals surface area contributed by atoms with Gasteiger partial charge in [-0.05, 0) is 55.6 Å². The van der Waals surface area contributed by atoms with E-state index in [0.717, 1.165) is 35.9 Å². The van der Waals surface area contributed by atoms with Gasteiger partial charge in [0.1, 0.15) is 22.7 Å². The highest BCUT2D eigenvalue weighted by Gasteiger charge is 2.21. The number of nitrogens with one attached hydrogen (secondary N) is 1. The molecule has 6 nitrogen and oxygen atoms in total. The number of fused-ring (bicyclic) bond motifs is 2. The number of hydrogen-bond donors (Lipinski definition) is 2. The Morgan fingerprint density at radius 3 is 2.97 bits per heavy atom. The topological polar surface area (TPSA) is 82.4 Å². The maximum absolute atomic E-state index is 12.8. The van der Waals surface area contributed by atoms with Gasteiger partial charge in [-0.15, -0.1) is 0 Å². The number of imidazole rings is 1. The molecule has 29 heavy (non-hydrogen) atoms. The van der Waals surface area contributed by atoms with Gasteiger partial charge < -0.3 is 14.5 Å². The molecule has 6 heteroatoms. The van der Waals surface area contributed by atoms with Crippen LogP contribution < -0.4 is 5.63 Å². The smallest absolute Gasteiger partial charge is 0.347 e. The minimum atomic E-state index is -0.463. The highest BCUT2D eigenvalue weighted by Crippen LogP contribution is 2.31. The molecule has 0 amide bonds. The van der Waals surface area contributed by atoms with Gasteiger partial charge in [0.2, 0.25) is 0 Å². The molecule has 1 saturated heterocycles. The summed E-state index contributed by atoms with van der Waals surface area (Å²) >= 11 is 0. The van der Waals surface area contributed by atoms with E-state index in [-0.39, 0.29) is 5.75 Å². The van der Waals surface area contributed by atoms with Gasteiger partial charge in [-0.25, -0.2) is 9.78 Å². The zero-order chi connectivity index (χ0) is 20.0. The molecule has 4 aromatic rings. The van der Waals surface area contributed by atoms with Gasteiger partial charge in [0.25, 0.3) is 0 Å². The number of para-hydroxylation sites is 2. The normalized spacial score (nSPS) is 17.9. The molecule has 148 valence electrons. The molecule has 1 atom stereocenters. The number of H-pyrrole nitrogens is 1. The lowest BCUT2D eigenvalue weighted by Gasteiger charge is -2.31. The summed E-state index contributed by atoms with van der Waals surface area (Å²) < 4.78 is 5.72. The summed E-state index contributed by atoms with van der Waals surface area (Å²) in [5, 5.41) is 11.2. The number of aromatic nitrogens is 2. The van der Waals surface area contributed by atoms with Gasteiger partial charge in [-0.1, -0.05) is 19.1 Å². The predicted molar refractivity (Wildman–Crippen MR) is 113 cm³/mol. The molecule has 1 fully saturated rings. The molecular formula is C23H23N3O3. The molecule has 0 bridgehead atoms. The number of phenols is 1. The van der Waals surface area contributed by atoms with Gasteiger partial charge in [-0.2, -0.15) is 0 Å². The van der Waals surface area contributed by atoms with Crippen LogP contribution in [-0.2, 0) is 6.54 Å². The number of phenolic OH excluding ortho intramolecular Hbond substituents is 1. The van der Waals surface area contributed by atoms with Gasteiger partial charge in [0, 0.05) is 18.5 Å². The van der Waals surface area contributed by atoms with E-state index in [9.17, 15) is 9.90 Å². The van der Waals surface area contributed by atoms with E-state index < -0.39 is 5.63 Å². The van der Waals surface area contributed by atoms with Crippen molar-refractivity contribution in [3.05, 3.63) is 58.4 Å². The van der Waals surface area contributed by atoms with Crippen LogP contribution in [0, 0.1) is 5.92 Å². The number of piperidine rings is 1. The fourth-order valence-corrected chi connectivity index (χ4v) is 4.28. The summed E-state index contributed by atoms with van der Waals surface area (Å²) in [5.74, 6) is 1.28. The molecule has 1 aliphatic rings. The third kappa shape index (κ3) is 3.29. The molecule has 2 aromatic carbocycles. The Labute approximate surface area is 167 Å². The second-order valence-corrected chi connectivity index (χ2v) is 8.01. The highest BCUT2D eigenvalue weighted by atomic mass is 16.4. The minimum absolute atomic E-state index is 0.162. The van der Waals surface area contributed by atoms with Crippen LogP contribution in [-0.4, -0.2) is 33.1 Å². The average molecular weight is 389 g/mol. The molecule has 0 unspecified atom stereocenters. The first-order valence-electron chi connectivity index (χ1n) is 10.0. The summed E-state index contributed by atoms with van der Waals surface area (Å²) in [6.07, 6.45) is 2.38. The lowest BCUT2D eigenvalue weighted by Crippen LogP contribution is -2.33. The molecule has 1 aliphatic heterocycles. The number of aromatic amines is 1. The summed E-state index contributed by atoms with van der Waals surface area (Å²) in [4.78, 5) is 22.8. The van der Waals surface area contributed by atoms with Crippen LogP contribution in [0.15, 0.2) is 51.7 Å². The number of rotatable bonds is 3. The third-order valence-electron chi connectivity index (χ3n) is 5.75. The molecular weight excluding hydrogens is 366 g/mol. The maximum atomic E-state index is 12.8. The average Bonchev–Trinajstić information content (AvgIpc) is 3.14. The molecule has 0 saturated carbocycles. The Kier molecular flexibility index (Phi) is 4.36. The van der Waals surface area contributed by atoms with Crippen molar-refractivity contribution in [2.75, 3.05) is 13.1 Å². The minimum Gasteiger partial charge on any atom is -0.507 e. The number of benzene rings is 2. The van der Waals surface area contributed by atoms with Crippen molar-refractivity contribution < 1.29 is 9.52 Å². The van der Waals surface area contributed by atoms with E-state index in [1.54, 1.807) is 18.2 Å². The van der Waals surface area contributed by atoms with Crippen LogP contribution in [0.1, 0.15) is 25.3 Å². The van der Waals surface area contributed by atoms with Crippen molar-refractivity contribution in [3.8, 4) is 17.1 Å². The first-order valence-corrected chi connectivity index (χ1v) is 10.0. The molecule has 2 N–H and O–H groups in total. The SMILES string of the molecule is C[C@@H]1CCCN(Cc2c(O)ccc3cc(-c4nc5ccccc5[nH]4)c(=O)oc23)C1. The summed E-state index contributed by atoms with van der Waals surface area (Å²) in [6, 6.07) is 12.9. The molecule has 5 rings (SSSR count). The second kappa shape index (κ2) is 7.04. The number of nitrogens with zero attached hydrogens (tertiary/aromatic N) is 2. The van der Waals surface area contributed by atoms with Gasteiger partial charge in [0.15, 0.2) is 0 Å². The van der Waals surface area contributed by atoms with E-state index in [1.165, 1.54) is 6.42 Å². The van der Waals surface area contributed by atoms with E-state index in [1.807, 2.05) is 24.3 Å². The van der Waals surface area contributed by atoms with Gasteiger partial charge >= 0.3 is 5.63 Å². The lowest BCUT2D eigenvalue weighted by atomic mass is 9.99. The first-order chi connectivity index (χ1) is 14.1. The van der Waals surface area contributed by atoms with Crippen molar-refractivity contribution in [1.82, 2.24) is 14.9 Å². The van der Waals surface area contributed by atoms with Crippen LogP contribution >= 0.6 is 0 Å².